The van der Waals surface area contributed by atoms with Crippen LogP contribution in [0.2, 0.25) is 0 Å². The topological polar surface area (TPSA) is 71.5 Å². The quantitative estimate of drug-likeness (QED) is 0.860. The van der Waals surface area contributed by atoms with E-state index in [1.807, 2.05) is 19.0 Å². The van der Waals surface area contributed by atoms with E-state index in [0.29, 0.717) is 12.4 Å². The Balaban J connectivity index is 2.02. The second-order valence-electron chi connectivity index (χ2n) is 4.47. The van der Waals surface area contributed by atoms with Crippen LogP contribution in [0.25, 0.3) is 0 Å². The lowest BCUT2D eigenvalue weighted by Crippen LogP contribution is -2.29. The first-order valence-electron chi connectivity index (χ1n) is 5.76. The molecule has 0 fully saturated rings. The Morgan fingerprint density at radius 2 is 2.32 bits per heavy atom. The molecule has 0 saturated carbocycles. The van der Waals surface area contributed by atoms with E-state index in [-0.39, 0.29) is 11.8 Å². The average Bonchev–Trinajstić information content (AvgIpc) is 2.89. The van der Waals surface area contributed by atoms with Gasteiger partial charge >= 0.3 is 0 Å². The molecule has 0 saturated heterocycles. The fourth-order valence-corrected chi connectivity index (χ4v) is 3.89. The van der Waals surface area contributed by atoms with E-state index in [0.717, 1.165) is 10.0 Å². The second kappa shape index (κ2) is 5.48. The van der Waals surface area contributed by atoms with E-state index in [1.54, 1.807) is 13.2 Å². The lowest BCUT2D eigenvalue weighted by Gasteiger charge is -2.08. The fraction of sp³-hybridized carbons (Fsp3) is 0.545. The van der Waals surface area contributed by atoms with Gasteiger partial charge in [0, 0.05) is 32.1 Å². The summed E-state index contributed by atoms with van der Waals surface area (Å²) >= 11 is 1.53. The molecule has 0 bridgehead atoms. The second-order valence-corrected chi connectivity index (χ2v) is 7.46. The molecule has 0 aromatic carbocycles. The summed E-state index contributed by atoms with van der Waals surface area (Å²) in [6.45, 7) is 0.541. The molecule has 1 aliphatic heterocycles. The number of sulfone groups is 1. The first-order valence-corrected chi connectivity index (χ1v) is 8.30. The Kier molecular flexibility index (Phi) is 4.12. The molecule has 19 heavy (non-hydrogen) atoms. The lowest BCUT2D eigenvalue weighted by atomic mass is 10.3. The molecule has 1 unspecified atom stereocenters. The zero-order chi connectivity index (χ0) is 14.0. The average molecular weight is 303 g/mol. The summed E-state index contributed by atoms with van der Waals surface area (Å²) in [5, 5.41) is 5.31. The van der Waals surface area contributed by atoms with Crippen molar-refractivity contribution in [1.82, 2.24) is 10.3 Å². The standard InChI is InChI=1S/C11H17N3O3S2/c1-14(2)11-13-10(17-3)9(18-11)6-12-8-4-5-19(15,16)7-8/h4-5,8,12H,6-7H2,1-3H3. The third-order valence-electron chi connectivity index (χ3n) is 2.68. The highest BCUT2D eigenvalue weighted by molar-refractivity contribution is 7.94. The van der Waals surface area contributed by atoms with Crippen molar-refractivity contribution in [2.24, 2.45) is 0 Å². The minimum absolute atomic E-state index is 0.120. The lowest BCUT2D eigenvalue weighted by molar-refractivity contribution is 0.394. The first-order chi connectivity index (χ1) is 8.91. The third kappa shape index (κ3) is 3.46. The Morgan fingerprint density at radius 1 is 1.58 bits per heavy atom. The molecule has 0 spiro atoms. The number of anilines is 1. The van der Waals surface area contributed by atoms with Gasteiger partial charge in [0.25, 0.3) is 0 Å². The van der Waals surface area contributed by atoms with Crippen LogP contribution in [0.15, 0.2) is 11.5 Å². The highest BCUT2D eigenvalue weighted by atomic mass is 32.2. The zero-order valence-corrected chi connectivity index (χ0v) is 12.7. The van der Waals surface area contributed by atoms with Crippen LogP contribution in [0.3, 0.4) is 0 Å². The summed E-state index contributed by atoms with van der Waals surface area (Å²) in [4.78, 5) is 7.22. The summed E-state index contributed by atoms with van der Waals surface area (Å²) in [5.74, 6) is 0.709. The largest absolute Gasteiger partial charge is 0.480 e. The molecular weight excluding hydrogens is 286 g/mol. The number of hydrogen-bond acceptors (Lipinski definition) is 7. The number of ether oxygens (including phenoxy) is 1. The number of nitrogens with zero attached hydrogens (tertiary/aromatic N) is 2. The van der Waals surface area contributed by atoms with E-state index in [9.17, 15) is 8.42 Å². The van der Waals surface area contributed by atoms with Crippen molar-refractivity contribution in [1.29, 1.82) is 0 Å². The van der Waals surface area contributed by atoms with Gasteiger partial charge < -0.3 is 15.0 Å². The number of aromatic nitrogens is 1. The molecule has 1 N–H and O–H groups in total. The van der Waals surface area contributed by atoms with Gasteiger partial charge in [-0.25, -0.2) is 8.42 Å². The molecule has 106 valence electrons. The van der Waals surface area contributed by atoms with Gasteiger partial charge in [0.2, 0.25) is 5.88 Å². The minimum Gasteiger partial charge on any atom is -0.480 e. The summed E-state index contributed by atoms with van der Waals surface area (Å²) in [7, 11) is 2.40. The van der Waals surface area contributed by atoms with E-state index >= 15 is 0 Å². The first kappa shape index (κ1) is 14.3. The van der Waals surface area contributed by atoms with Gasteiger partial charge in [-0.05, 0) is 0 Å². The van der Waals surface area contributed by atoms with Gasteiger partial charge in [0.15, 0.2) is 15.0 Å². The van der Waals surface area contributed by atoms with Gasteiger partial charge in [-0.15, -0.1) is 0 Å². The smallest absolute Gasteiger partial charge is 0.230 e. The van der Waals surface area contributed by atoms with E-state index < -0.39 is 9.84 Å². The highest BCUT2D eigenvalue weighted by Gasteiger charge is 2.22. The Hall–Kier alpha value is -1.12. The maximum atomic E-state index is 11.3. The Morgan fingerprint density at radius 3 is 2.84 bits per heavy atom. The van der Waals surface area contributed by atoms with Gasteiger partial charge in [-0.3, -0.25) is 0 Å². The minimum atomic E-state index is -3.02. The predicted molar refractivity (Wildman–Crippen MR) is 76.5 cm³/mol. The Bertz CT molecular complexity index is 578. The van der Waals surface area contributed by atoms with Crippen molar-refractivity contribution in [3.05, 3.63) is 16.4 Å². The van der Waals surface area contributed by atoms with Crippen LogP contribution in [0.4, 0.5) is 5.13 Å². The van der Waals surface area contributed by atoms with E-state index in [2.05, 4.69) is 10.3 Å². The summed E-state index contributed by atoms with van der Waals surface area (Å²) in [5.41, 5.74) is 0. The third-order valence-corrected chi connectivity index (χ3v) is 5.28. The van der Waals surface area contributed by atoms with Crippen molar-refractivity contribution >= 4 is 26.3 Å². The van der Waals surface area contributed by atoms with Crippen molar-refractivity contribution in [3.8, 4) is 5.88 Å². The maximum Gasteiger partial charge on any atom is 0.230 e. The van der Waals surface area contributed by atoms with Gasteiger partial charge in [-0.2, -0.15) is 4.98 Å². The molecule has 6 nitrogen and oxygen atoms in total. The van der Waals surface area contributed by atoms with Crippen molar-refractivity contribution < 1.29 is 13.2 Å². The number of thiazole rings is 1. The summed E-state index contributed by atoms with van der Waals surface area (Å²) < 4.78 is 27.8. The molecule has 0 radical (unpaired) electrons. The molecule has 0 amide bonds. The van der Waals surface area contributed by atoms with Crippen LogP contribution in [-0.2, 0) is 16.4 Å². The van der Waals surface area contributed by atoms with Crippen molar-refractivity contribution in [3.63, 3.8) is 0 Å². The van der Waals surface area contributed by atoms with Gasteiger partial charge in [-0.1, -0.05) is 17.4 Å². The SMILES string of the molecule is COc1nc(N(C)C)sc1CNC1C=CS(=O)(=O)C1. The van der Waals surface area contributed by atoms with E-state index in [4.69, 9.17) is 4.74 Å². The van der Waals surface area contributed by atoms with Crippen molar-refractivity contribution in [2.75, 3.05) is 31.9 Å². The zero-order valence-electron chi connectivity index (χ0n) is 11.1. The van der Waals surface area contributed by atoms with Crippen LogP contribution in [-0.4, -0.2) is 46.4 Å². The van der Waals surface area contributed by atoms with Crippen LogP contribution in [0, 0.1) is 0 Å². The highest BCUT2D eigenvalue weighted by Crippen LogP contribution is 2.30. The number of rotatable bonds is 5. The molecule has 1 atom stereocenters. The molecule has 0 aliphatic carbocycles. The molecule has 1 aromatic rings. The molecule has 1 aromatic heterocycles. The normalized spacial score (nSPS) is 20.7. The number of hydrogen-bond donors (Lipinski definition) is 1. The summed E-state index contributed by atoms with van der Waals surface area (Å²) in [6.07, 6.45) is 1.68. The molecular formula is C11H17N3O3S2. The number of methoxy groups -OCH3 is 1. The van der Waals surface area contributed by atoms with E-state index in [1.165, 1.54) is 16.7 Å². The van der Waals surface area contributed by atoms with Gasteiger partial charge in [0.05, 0.1) is 17.7 Å². The Labute approximate surface area is 117 Å². The monoisotopic (exact) mass is 303 g/mol. The van der Waals surface area contributed by atoms with Crippen LogP contribution < -0.4 is 15.0 Å². The maximum absolute atomic E-state index is 11.3. The molecule has 1 aliphatic rings. The van der Waals surface area contributed by atoms with Crippen molar-refractivity contribution in [2.45, 2.75) is 12.6 Å². The predicted octanol–water partition coefficient (Wildman–Crippen LogP) is 0.618. The van der Waals surface area contributed by atoms with Crippen LogP contribution in [0.5, 0.6) is 5.88 Å². The van der Waals surface area contributed by atoms with Crippen LogP contribution >= 0.6 is 11.3 Å². The summed E-state index contributed by atoms with van der Waals surface area (Å²) in [6, 6.07) is -0.139. The molecule has 8 heteroatoms. The van der Waals surface area contributed by atoms with Gasteiger partial charge in [0.1, 0.15) is 0 Å². The molecule has 2 heterocycles. The van der Waals surface area contributed by atoms with Crippen LogP contribution in [0.1, 0.15) is 4.88 Å². The molecule has 2 rings (SSSR count). The number of nitrogens with one attached hydrogen (secondary N) is 1. The fourth-order valence-electron chi connectivity index (χ4n) is 1.72.